The van der Waals surface area contributed by atoms with Crippen LogP contribution in [0.25, 0.3) is 0 Å². The lowest BCUT2D eigenvalue weighted by Gasteiger charge is -1.56. The minimum atomic E-state index is 0. The van der Waals surface area contributed by atoms with Gasteiger partial charge in [-0.05, 0) is 12.2 Å². The van der Waals surface area contributed by atoms with Crippen LogP contribution in [-0.2, 0) is 0 Å². The highest BCUT2D eigenvalue weighted by atomic mass is 32.1. The molecule has 3 nitrogen and oxygen atoms in total. The Morgan fingerprint density at radius 1 is 1.29 bits per heavy atom. The van der Waals surface area contributed by atoms with Crippen molar-refractivity contribution in [2.45, 2.75) is 0 Å². The first-order valence-corrected chi connectivity index (χ1v) is 2.02. The average molecular weight is 117 g/mol. The van der Waals surface area contributed by atoms with E-state index in [0.717, 1.165) is 0 Å². The van der Waals surface area contributed by atoms with Crippen molar-refractivity contribution >= 4 is 12.2 Å². The van der Waals surface area contributed by atoms with Gasteiger partial charge >= 0.3 is 0 Å². The Balaban J connectivity index is 0.000000360. The Hall–Kier alpha value is -0.610. The maximum Gasteiger partial charge on any atom is 0.174 e. The molecule has 0 bridgehead atoms. The fourth-order valence-electron chi connectivity index (χ4n) is 0.276. The summed E-state index contributed by atoms with van der Waals surface area (Å²) in [5, 5.41) is 0. The fraction of sp³-hybridized carbons (Fsp3) is 0. The molecule has 5 N–H and O–H groups in total. The molecule has 0 aliphatic carbocycles. The predicted octanol–water partition coefficient (Wildman–Crippen LogP) is 1.23. The summed E-state index contributed by atoms with van der Waals surface area (Å²) < 4.78 is 0.676. The van der Waals surface area contributed by atoms with Gasteiger partial charge in [0, 0.05) is 12.4 Å². The number of hydrogen-bond donors (Lipinski definition) is 3. The van der Waals surface area contributed by atoms with E-state index in [1.807, 2.05) is 0 Å². The SMILES string of the molecule is N.S=c1[nH]cc[nH]1. The van der Waals surface area contributed by atoms with Gasteiger partial charge in [-0.15, -0.1) is 0 Å². The molecule has 0 amide bonds. The number of H-pyrrole nitrogens is 2. The van der Waals surface area contributed by atoms with Gasteiger partial charge in [-0.1, -0.05) is 0 Å². The van der Waals surface area contributed by atoms with Crippen molar-refractivity contribution in [2.75, 3.05) is 0 Å². The number of hydrogen-bond acceptors (Lipinski definition) is 2. The van der Waals surface area contributed by atoms with Crippen LogP contribution in [0, 0.1) is 4.77 Å². The smallest absolute Gasteiger partial charge is 0.174 e. The first-order valence-electron chi connectivity index (χ1n) is 1.61. The summed E-state index contributed by atoms with van der Waals surface area (Å²) in [5.41, 5.74) is 0. The molecule has 0 spiro atoms. The molecular weight excluding hydrogens is 110 g/mol. The summed E-state index contributed by atoms with van der Waals surface area (Å²) in [4.78, 5) is 5.52. The van der Waals surface area contributed by atoms with Crippen LogP contribution in [0.15, 0.2) is 12.4 Å². The number of nitrogens with one attached hydrogen (secondary N) is 2. The molecule has 0 saturated carbocycles. The topological polar surface area (TPSA) is 66.6 Å². The van der Waals surface area contributed by atoms with Crippen molar-refractivity contribution in [1.29, 1.82) is 0 Å². The lowest BCUT2D eigenvalue weighted by Crippen LogP contribution is -1.54. The van der Waals surface area contributed by atoms with Crippen molar-refractivity contribution in [2.24, 2.45) is 0 Å². The molecule has 7 heavy (non-hydrogen) atoms. The van der Waals surface area contributed by atoms with E-state index in [2.05, 4.69) is 22.2 Å². The summed E-state index contributed by atoms with van der Waals surface area (Å²) in [6.07, 6.45) is 3.50. The van der Waals surface area contributed by atoms with E-state index < -0.39 is 0 Å². The highest BCUT2D eigenvalue weighted by molar-refractivity contribution is 7.71. The van der Waals surface area contributed by atoms with Crippen molar-refractivity contribution < 1.29 is 0 Å². The van der Waals surface area contributed by atoms with Crippen molar-refractivity contribution in [1.82, 2.24) is 16.1 Å². The molecular formula is C3H7N3S. The van der Waals surface area contributed by atoms with Crippen LogP contribution in [0.1, 0.15) is 0 Å². The lowest BCUT2D eigenvalue weighted by molar-refractivity contribution is 1.27. The van der Waals surface area contributed by atoms with Gasteiger partial charge in [0.25, 0.3) is 0 Å². The number of imidazole rings is 1. The Morgan fingerprint density at radius 2 is 1.71 bits per heavy atom. The van der Waals surface area contributed by atoms with Crippen molar-refractivity contribution in [3.8, 4) is 0 Å². The molecule has 40 valence electrons. The first-order chi connectivity index (χ1) is 2.89. The van der Waals surface area contributed by atoms with Gasteiger partial charge in [-0.25, -0.2) is 0 Å². The molecule has 0 aromatic carbocycles. The zero-order valence-electron chi connectivity index (χ0n) is 3.77. The maximum atomic E-state index is 4.63. The summed E-state index contributed by atoms with van der Waals surface area (Å²) in [6, 6.07) is 0. The fourth-order valence-corrected chi connectivity index (χ4v) is 0.412. The van der Waals surface area contributed by atoms with Crippen LogP contribution in [0.5, 0.6) is 0 Å². The lowest BCUT2D eigenvalue weighted by atomic mass is 11.0. The van der Waals surface area contributed by atoms with Gasteiger partial charge in [-0.2, -0.15) is 0 Å². The summed E-state index contributed by atoms with van der Waals surface area (Å²) in [6.45, 7) is 0. The van der Waals surface area contributed by atoms with E-state index in [1.54, 1.807) is 12.4 Å². The second-order valence-corrected chi connectivity index (χ2v) is 1.36. The number of rotatable bonds is 0. The summed E-state index contributed by atoms with van der Waals surface area (Å²) in [5.74, 6) is 0. The molecule has 0 aliphatic rings. The zero-order chi connectivity index (χ0) is 4.41. The second kappa shape index (κ2) is 2.54. The quantitative estimate of drug-likeness (QED) is 0.447. The minimum Gasteiger partial charge on any atom is -0.344 e. The van der Waals surface area contributed by atoms with Crippen molar-refractivity contribution in [3.63, 3.8) is 0 Å². The van der Waals surface area contributed by atoms with Crippen LogP contribution in [0.2, 0.25) is 0 Å². The standard InChI is InChI=1S/C3H4N2S.H3N/c6-3-4-1-2-5-3;/h1-2H,(H2,4,5,6);1H3. The molecule has 1 rings (SSSR count). The highest BCUT2D eigenvalue weighted by Gasteiger charge is 1.64. The van der Waals surface area contributed by atoms with Gasteiger partial charge in [-0.3, -0.25) is 0 Å². The van der Waals surface area contributed by atoms with Crippen LogP contribution in [0.3, 0.4) is 0 Å². The summed E-state index contributed by atoms with van der Waals surface area (Å²) >= 11 is 4.63. The molecule has 0 fully saturated rings. The van der Waals surface area contributed by atoms with Gasteiger partial charge < -0.3 is 16.1 Å². The van der Waals surface area contributed by atoms with Crippen LogP contribution >= 0.6 is 12.2 Å². The Labute approximate surface area is 46.4 Å². The van der Waals surface area contributed by atoms with E-state index in [9.17, 15) is 0 Å². The molecule has 0 unspecified atom stereocenters. The van der Waals surface area contributed by atoms with Gasteiger partial charge in [0.05, 0.1) is 0 Å². The predicted molar refractivity (Wildman–Crippen MR) is 31.0 cm³/mol. The molecule has 1 heterocycles. The third-order valence-corrected chi connectivity index (χ3v) is 0.748. The Bertz CT molecular complexity index is 148. The average Bonchev–Trinajstić information content (AvgIpc) is 1.86. The van der Waals surface area contributed by atoms with E-state index >= 15 is 0 Å². The molecule has 1 aromatic rings. The van der Waals surface area contributed by atoms with E-state index in [-0.39, 0.29) is 6.15 Å². The number of aromatic amines is 2. The minimum absolute atomic E-state index is 0. The van der Waals surface area contributed by atoms with Gasteiger partial charge in [0.2, 0.25) is 0 Å². The molecule has 0 radical (unpaired) electrons. The van der Waals surface area contributed by atoms with Gasteiger partial charge in [0.1, 0.15) is 0 Å². The second-order valence-electron chi connectivity index (χ2n) is 0.951. The third-order valence-electron chi connectivity index (χ3n) is 0.512. The Kier molecular flexibility index (Phi) is 2.32. The monoisotopic (exact) mass is 117 g/mol. The Morgan fingerprint density at radius 3 is 1.86 bits per heavy atom. The molecule has 1 aromatic heterocycles. The molecule has 0 atom stereocenters. The van der Waals surface area contributed by atoms with Crippen LogP contribution in [-0.4, -0.2) is 9.97 Å². The molecule has 0 aliphatic heterocycles. The van der Waals surface area contributed by atoms with E-state index in [4.69, 9.17) is 0 Å². The highest BCUT2D eigenvalue weighted by Crippen LogP contribution is 1.72. The van der Waals surface area contributed by atoms with Crippen LogP contribution in [0.4, 0.5) is 0 Å². The number of aromatic nitrogens is 2. The summed E-state index contributed by atoms with van der Waals surface area (Å²) in [7, 11) is 0. The molecule has 4 heteroatoms. The van der Waals surface area contributed by atoms with Crippen molar-refractivity contribution in [3.05, 3.63) is 17.2 Å². The molecule has 0 saturated heterocycles. The maximum absolute atomic E-state index is 4.63. The third kappa shape index (κ3) is 1.52. The van der Waals surface area contributed by atoms with E-state index in [1.165, 1.54) is 0 Å². The van der Waals surface area contributed by atoms with E-state index in [0.29, 0.717) is 4.77 Å². The van der Waals surface area contributed by atoms with Gasteiger partial charge in [0.15, 0.2) is 4.77 Å². The van der Waals surface area contributed by atoms with Crippen LogP contribution < -0.4 is 6.15 Å². The zero-order valence-corrected chi connectivity index (χ0v) is 4.59. The normalized spacial score (nSPS) is 7.43. The largest absolute Gasteiger partial charge is 0.344 e. The first kappa shape index (κ1) is 6.39.